The first-order chi connectivity index (χ1) is 10.0. The minimum absolute atomic E-state index is 0.0256. The topological polar surface area (TPSA) is 58.1 Å². The van der Waals surface area contributed by atoms with E-state index in [0.29, 0.717) is 10.0 Å². The number of carbonyl (C=O) groups excluding carboxylic acids is 1. The van der Waals surface area contributed by atoms with Crippen LogP contribution in [0.3, 0.4) is 0 Å². The SMILES string of the molecule is Cc1nc(Nc2nc3ccccc3s2)sc1C(=O)N(C)C. The van der Waals surface area contributed by atoms with Crippen molar-refractivity contribution in [1.82, 2.24) is 14.9 Å². The van der Waals surface area contributed by atoms with E-state index in [0.717, 1.165) is 21.0 Å². The number of anilines is 2. The number of nitrogens with one attached hydrogen (secondary N) is 1. The van der Waals surface area contributed by atoms with Crippen molar-refractivity contribution in [3.8, 4) is 0 Å². The van der Waals surface area contributed by atoms with Crippen molar-refractivity contribution in [2.75, 3.05) is 19.4 Å². The number of aromatic nitrogens is 2. The number of aryl methyl sites for hydroxylation is 1. The number of benzene rings is 1. The Balaban J connectivity index is 1.88. The highest BCUT2D eigenvalue weighted by Gasteiger charge is 2.17. The van der Waals surface area contributed by atoms with E-state index in [1.54, 1.807) is 30.3 Å². The lowest BCUT2D eigenvalue weighted by molar-refractivity contribution is 0.0831. The van der Waals surface area contributed by atoms with Gasteiger partial charge >= 0.3 is 0 Å². The lowest BCUT2D eigenvalue weighted by Crippen LogP contribution is -2.21. The normalized spacial score (nSPS) is 10.8. The van der Waals surface area contributed by atoms with Crippen molar-refractivity contribution in [1.29, 1.82) is 0 Å². The van der Waals surface area contributed by atoms with Crippen LogP contribution in [0.5, 0.6) is 0 Å². The Hall–Kier alpha value is -1.99. The van der Waals surface area contributed by atoms with Gasteiger partial charge in [-0.15, -0.1) is 0 Å². The minimum Gasteiger partial charge on any atom is -0.344 e. The first-order valence-electron chi connectivity index (χ1n) is 6.36. The number of carbonyl (C=O) groups is 1. The third kappa shape index (κ3) is 2.74. The number of para-hydroxylation sites is 1. The van der Waals surface area contributed by atoms with Crippen LogP contribution in [-0.2, 0) is 0 Å². The maximum Gasteiger partial charge on any atom is 0.265 e. The molecule has 3 aromatic rings. The molecule has 3 rings (SSSR count). The number of thiazole rings is 2. The Morgan fingerprint density at radius 2 is 1.86 bits per heavy atom. The molecule has 0 aliphatic heterocycles. The molecular formula is C14H14N4OS2. The molecule has 108 valence electrons. The molecule has 2 heterocycles. The number of hydrogen-bond acceptors (Lipinski definition) is 6. The maximum atomic E-state index is 12.0. The standard InChI is InChI=1S/C14H14N4OS2/c1-8-11(12(19)18(2)3)21-13(15-8)17-14-16-9-6-4-5-7-10(9)20-14/h4-7H,1-3H3,(H,15,16,17). The summed E-state index contributed by atoms with van der Waals surface area (Å²) in [7, 11) is 3.48. The zero-order valence-corrected chi connectivity index (χ0v) is 13.5. The first-order valence-corrected chi connectivity index (χ1v) is 7.99. The Morgan fingerprint density at radius 1 is 1.14 bits per heavy atom. The quantitative estimate of drug-likeness (QED) is 0.803. The molecule has 0 unspecified atom stereocenters. The number of rotatable bonds is 3. The van der Waals surface area contributed by atoms with Gasteiger partial charge in [0.1, 0.15) is 4.88 Å². The van der Waals surface area contributed by atoms with Crippen LogP contribution in [0, 0.1) is 6.92 Å². The smallest absolute Gasteiger partial charge is 0.265 e. The fourth-order valence-electron chi connectivity index (χ4n) is 1.87. The average molecular weight is 318 g/mol. The van der Waals surface area contributed by atoms with Gasteiger partial charge in [-0.25, -0.2) is 9.97 Å². The number of hydrogen-bond donors (Lipinski definition) is 1. The van der Waals surface area contributed by atoms with Gasteiger partial charge in [-0.2, -0.15) is 0 Å². The van der Waals surface area contributed by atoms with E-state index in [1.165, 1.54) is 11.3 Å². The second-order valence-corrected chi connectivity index (χ2v) is 6.77. The summed E-state index contributed by atoms with van der Waals surface area (Å²) in [5, 5.41) is 4.67. The summed E-state index contributed by atoms with van der Waals surface area (Å²) in [5.74, 6) is -0.0256. The molecule has 2 aromatic heterocycles. The lowest BCUT2D eigenvalue weighted by Gasteiger charge is -2.07. The summed E-state index contributed by atoms with van der Waals surface area (Å²) in [5.41, 5.74) is 1.70. The van der Waals surface area contributed by atoms with Crippen LogP contribution in [0.25, 0.3) is 10.2 Å². The van der Waals surface area contributed by atoms with Gasteiger partial charge in [0.25, 0.3) is 5.91 Å². The third-order valence-electron chi connectivity index (χ3n) is 2.90. The molecule has 0 saturated heterocycles. The fraction of sp³-hybridized carbons (Fsp3) is 0.214. The van der Waals surface area contributed by atoms with Crippen molar-refractivity contribution in [2.45, 2.75) is 6.92 Å². The Labute approximate surface area is 130 Å². The van der Waals surface area contributed by atoms with E-state index in [-0.39, 0.29) is 5.91 Å². The minimum atomic E-state index is -0.0256. The molecular weight excluding hydrogens is 304 g/mol. The zero-order chi connectivity index (χ0) is 15.0. The average Bonchev–Trinajstić information content (AvgIpc) is 3.00. The van der Waals surface area contributed by atoms with Crippen molar-refractivity contribution in [3.05, 3.63) is 34.8 Å². The summed E-state index contributed by atoms with van der Waals surface area (Å²) in [6.45, 7) is 1.84. The van der Waals surface area contributed by atoms with E-state index in [4.69, 9.17) is 0 Å². The van der Waals surface area contributed by atoms with Crippen molar-refractivity contribution in [3.63, 3.8) is 0 Å². The largest absolute Gasteiger partial charge is 0.344 e. The molecule has 7 heteroatoms. The van der Waals surface area contributed by atoms with Crippen LogP contribution in [0.4, 0.5) is 10.3 Å². The van der Waals surface area contributed by atoms with Gasteiger partial charge in [-0.3, -0.25) is 4.79 Å². The van der Waals surface area contributed by atoms with E-state index in [1.807, 2.05) is 31.2 Å². The summed E-state index contributed by atoms with van der Waals surface area (Å²) >= 11 is 2.92. The highest BCUT2D eigenvalue weighted by atomic mass is 32.1. The Kier molecular flexibility index (Phi) is 3.60. The van der Waals surface area contributed by atoms with Crippen LogP contribution in [0.1, 0.15) is 15.4 Å². The highest BCUT2D eigenvalue weighted by molar-refractivity contribution is 7.23. The molecule has 0 aliphatic carbocycles. The summed E-state index contributed by atoms with van der Waals surface area (Å²) in [6.07, 6.45) is 0. The molecule has 1 N–H and O–H groups in total. The number of nitrogens with zero attached hydrogens (tertiary/aromatic N) is 3. The van der Waals surface area contributed by atoms with Crippen molar-refractivity contribution < 1.29 is 4.79 Å². The van der Waals surface area contributed by atoms with Gasteiger partial charge in [0.2, 0.25) is 0 Å². The second-order valence-electron chi connectivity index (χ2n) is 4.74. The molecule has 0 atom stereocenters. The van der Waals surface area contributed by atoms with Crippen LogP contribution in [-0.4, -0.2) is 34.9 Å². The van der Waals surface area contributed by atoms with E-state index < -0.39 is 0 Å². The molecule has 0 fully saturated rings. The molecule has 1 aromatic carbocycles. The number of amides is 1. The van der Waals surface area contributed by atoms with Crippen LogP contribution in [0.15, 0.2) is 24.3 Å². The molecule has 0 saturated carbocycles. The van der Waals surface area contributed by atoms with Crippen LogP contribution >= 0.6 is 22.7 Å². The summed E-state index contributed by atoms with van der Waals surface area (Å²) in [4.78, 5) is 23.2. The van der Waals surface area contributed by atoms with Crippen molar-refractivity contribution >= 4 is 49.1 Å². The van der Waals surface area contributed by atoms with Crippen molar-refractivity contribution in [2.24, 2.45) is 0 Å². The van der Waals surface area contributed by atoms with Gasteiger partial charge in [0.15, 0.2) is 10.3 Å². The molecule has 0 radical (unpaired) electrons. The summed E-state index contributed by atoms with van der Waals surface area (Å²) in [6, 6.07) is 7.97. The van der Waals surface area contributed by atoms with E-state index in [2.05, 4.69) is 15.3 Å². The van der Waals surface area contributed by atoms with Gasteiger partial charge in [-0.05, 0) is 19.1 Å². The van der Waals surface area contributed by atoms with Gasteiger partial charge < -0.3 is 10.2 Å². The molecule has 21 heavy (non-hydrogen) atoms. The van der Waals surface area contributed by atoms with Gasteiger partial charge in [0.05, 0.1) is 15.9 Å². The zero-order valence-electron chi connectivity index (χ0n) is 11.9. The lowest BCUT2D eigenvalue weighted by atomic mass is 10.3. The van der Waals surface area contributed by atoms with Gasteiger partial charge in [0, 0.05) is 14.1 Å². The van der Waals surface area contributed by atoms with E-state index >= 15 is 0 Å². The van der Waals surface area contributed by atoms with Crippen LogP contribution < -0.4 is 5.32 Å². The molecule has 5 nitrogen and oxygen atoms in total. The molecule has 0 aliphatic rings. The number of fused-ring (bicyclic) bond motifs is 1. The monoisotopic (exact) mass is 318 g/mol. The predicted molar refractivity (Wildman–Crippen MR) is 87.8 cm³/mol. The fourth-order valence-corrected chi connectivity index (χ4v) is 3.78. The van der Waals surface area contributed by atoms with Gasteiger partial charge in [-0.1, -0.05) is 34.8 Å². The maximum absolute atomic E-state index is 12.0. The second kappa shape index (κ2) is 5.42. The molecule has 0 bridgehead atoms. The van der Waals surface area contributed by atoms with Crippen LogP contribution in [0.2, 0.25) is 0 Å². The Bertz CT molecular complexity index is 773. The van der Waals surface area contributed by atoms with E-state index in [9.17, 15) is 4.79 Å². The Morgan fingerprint density at radius 3 is 2.57 bits per heavy atom. The molecule has 0 spiro atoms. The summed E-state index contributed by atoms with van der Waals surface area (Å²) < 4.78 is 1.12. The molecule has 1 amide bonds. The third-order valence-corrected chi connectivity index (χ3v) is 4.92. The predicted octanol–water partition coefficient (Wildman–Crippen LogP) is 3.51. The highest BCUT2D eigenvalue weighted by Crippen LogP contribution is 2.31. The first kappa shape index (κ1) is 14.0.